The molecule has 0 amide bonds. The number of ether oxygens (including phenoxy) is 2. The Labute approximate surface area is 132 Å². The van der Waals surface area contributed by atoms with Gasteiger partial charge in [0.05, 0.1) is 12.9 Å². The molecule has 4 atom stereocenters. The first-order chi connectivity index (χ1) is 11.1. The van der Waals surface area contributed by atoms with Gasteiger partial charge in [0.1, 0.15) is 18.8 Å². The second kappa shape index (κ2) is 7.44. The lowest BCUT2D eigenvalue weighted by molar-refractivity contribution is -0.0466. The minimum atomic E-state index is -1.74. The maximum absolute atomic E-state index is 14.2. The van der Waals surface area contributed by atoms with E-state index in [1.54, 1.807) is 6.08 Å². The van der Waals surface area contributed by atoms with Crippen molar-refractivity contribution in [2.24, 2.45) is 9.98 Å². The van der Waals surface area contributed by atoms with Crippen LogP contribution in [0.5, 0.6) is 0 Å². The first kappa shape index (κ1) is 17.3. The van der Waals surface area contributed by atoms with Gasteiger partial charge in [0.25, 0.3) is 0 Å². The number of alkyl halides is 1. The van der Waals surface area contributed by atoms with Crippen LogP contribution in [-0.2, 0) is 9.47 Å². The van der Waals surface area contributed by atoms with Crippen LogP contribution in [0.15, 0.2) is 29.0 Å². The van der Waals surface area contributed by atoms with Crippen LogP contribution in [0.1, 0.15) is 11.9 Å². The molecule has 0 spiro atoms. The molecule has 2 heterocycles. The standard InChI is InChI=1S/C14H19FN4O4/c1-4-5-22-13(17-3)10-12(16-2)19(7-18-10)14-9(15)11(21)8(6-20)23-14/h4,7-9,11,14,20-21H,1-2,5-6H2,3H3/b17-13+/t8?,9-,11-,14?/m1/s1. The number of aliphatic imine (C=N–C) groups is 2. The third-order valence-electron chi connectivity index (χ3n) is 3.41. The van der Waals surface area contributed by atoms with Gasteiger partial charge in [-0.05, 0) is 6.72 Å². The average Bonchev–Trinajstić information content (AvgIpc) is 3.10. The smallest absolute Gasteiger partial charge is 0.239 e. The van der Waals surface area contributed by atoms with Crippen molar-refractivity contribution < 1.29 is 24.1 Å². The molecule has 1 aliphatic rings. The summed E-state index contributed by atoms with van der Waals surface area (Å²) in [5.74, 6) is 0.381. The Hall–Kier alpha value is -2.10. The molecular formula is C14H19FN4O4. The van der Waals surface area contributed by atoms with Crippen molar-refractivity contribution in [3.8, 4) is 0 Å². The molecule has 0 radical (unpaired) electrons. The molecule has 8 nitrogen and oxygen atoms in total. The molecule has 2 N–H and O–H groups in total. The molecule has 126 valence electrons. The molecule has 1 saturated heterocycles. The summed E-state index contributed by atoms with van der Waals surface area (Å²) >= 11 is 0. The first-order valence-electron chi connectivity index (χ1n) is 6.91. The van der Waals surface area contributed by atoms with Crippen molar-refractivity contribution in [1.29, 1.82) is 0 Å². The largest absolute Gasteiger partial charge is 0.472 e. The normalized spacial score (nSPS) is 27.9. The number of imidazole rings is 1. The van der Waals surface area contributed by atoms with Crippen LogP contribution in [0, 0.1) is 0 Å². The van der Waals surface area contributed by atoms with Crippen LogP contribution in [0.25, 0.3) is 0 Å². The van der Waals surface area contributed by atoms with E-state index < -0.39 is 31.2 Å². The first-order valence-corrected chi connectivity index (χ1v) is 6.91. The van der Waals surface area contributed by atoms with Gasteiger partial charge >= 0.3 is 0 Å². The van der Waals surface area contributed by atoms with Crippen LogP contribution in [0.4, 0.5) is 10.2 Å². The average molecular weight is 326 g/mol. The topological polar surface area (TPSA) is 101 Å². The highest BCUT2D eigenvalue weighted by molar-refractivity contribution is 5.96. The van der Waals surface area contributed by atoms with E-state index in [1.165, 1.54) is 17.9 Å². The number of rotatable bonds is 6. The van der Waals surface area contributed by atoms with Gasteiger partial charge in [0, 0.05) is 7.05 Å². The maximum atomic E-state index is 14.2. The van der Waals surface area contributed by atoms with Crippen LogP contribution in [0.2, 0.25) is 0 Å². The van der Waals surface area contributed by atoms with E-state index in [0.29, 0.717) is 0 Å². The highest BCUT2D eigenvalue weighted by atomic mass is 19.1. The summed E-state index contributed by atoms with van der Waals surface area (Å²) in [4.78, 5) is 11.9. The fraction of sp³-hybridized carbons (Fsp3) is 0.500. The SMILES string of the molecule is C=CCO/C(=N/C)c1ncn(C2OC(CO)[C@@H](O)[C@H]2F)c1N=C. The number of aliphatic hydroxyl groups is 2. The van der Waals surface area contributed by atoms with Gasteiger partial charge in [0.2, 0.25) is 5.90 Å². The van der Waals surface area contributed by atoms with Crippen LogP contribution < -0.4 is 0 Å². The molecule has 0 aromatic carbocycles. The third kappa shape index (κ3) is 3.16. The number of aromatic nitrogens is 2. The molecular weight excluding hydrogens is 307 g/mol. The zero-order valence-corrected chi connectivity index (χ0v) is 12.7. The van der Waals surface area contributed by atoms with Gasteiger partial charge in [0.15, 0.2) is 23.9 Å². The fourth-order valence-corrected chi connectivity index (χ4v) is 2.30. The van der Waals surface area contributed by atoms with E-state index in [0.717, 1.165) is 0 Å². The predicted molar refractivity (Wildman–Crippen MR) is 81.9 cm³/mol. The minimum Gasteiger partial charge on any atom is -0.472 e. The minimum absolute atomic E-state index is 0.188. The van der Waals surface area contributed by atoms with Crippen molar-refractivity contribution >= 4 is 18.4 Å². The lowest BCUT2D eigenvalue weighted by Gasteiger charge is -2.16. The number of halogens is 1. The van der Waals surface area contributed by atoms with E-state index >= 15 is 0 Å². The molecule has 9 heteroatoms. The van der Waals surface area contributed by atoms with Crippen LogP contribution in [-0.4, -0.2) is 71.0 Å². The zero-order valence-electron chi connectivity index (χ0n) is 12.7. The lowest BCUT2D eigenvalue weighted by Crippen LogP contribution is -2.30. The molecule has 1 aliphatic heterocycles. The van der Waals surface area contributed by atoms with E-state index in [2.05, 4.69) is 28.3 Å². The molecule has 0 saturated carbocycles. The maximum Gasteiger partial charge on any atom is 0.239 e. The summed E-state index contributed by atoms with van der Waals surface area (Å²) in [5.41, 5.74) is 0.266. The Morgan fingerprint density at radius 1 is 1.65 bits per heavy atom. The fourth-order valence-electron chi connectivity index (χ4n) is 2.30. The molecule has 0 bridgehead atoms. The van der Waals surface area contributed by atoms with E-state index in [9.17, 15) is 9.50 Å². The second-order valence-electron chi connectivity index (χ2n) is 4.79. The highest BCUT2D eigenvalue weighted by Crippen LogP contribution is 2.35. The quantitative estimate of drug-likeness (QED) is 0.447. The molecule has 1 aromatic rings. The predicted octanol–water partition coefficient (Wildman–Crippen LogP) is 0.383. The number of hydrogen-bond acceptors (Lipinski definition) is 7. The monoisotopic (exact) mass is 326 g/mol. The Kier molecular flexibility index (Phi) is 5.59. The Morgan fingerprint density at radius 3 is 2.91 bits per heavy atom. The van der Waals surface area contributed by atoms with Gasteiger partial charge in [-0.1, -0.05) is 12.7 Å². The third-order valence-corrected chi connectivity index (χ3v) is 3.41. The molecule has 1 fully saturated rings. The molecule has 1 aromatic heterocycles. The molecule has 23 heavy (non-hydrogen) atoms. The molecule has 2 unspecified atom stereocenters. The van der Waals surface area contributed by atoms with E-state index in [4.69, 9.17) is 14.6 Å². The van der Waals surface area contributed by atoms with Crippen molar-refractivity contribution in [1.82, 2.24) is 9.55 Å². The van der Waals surface area contributed by atoms with Gasteiger partial charge in [-0.15, -0.1) is 0 Å². The summed E-state index contributed by atoms with van der Waals surface area (Å²) in [6, 6.07) is 0. The summed E-state index contributed by atoms with van der Waals surface area (Å²) < 4.78 is 26.2. The Morgan fingerprint density at radius 2 is 2.39 bits per heavy atom. The lowest BCUT2D eigenvalue weighted by atomic mass is 10.1. The number of hydrogen-bond donors (Lipinski definition) is 2. The van der Waals surface area contributed by atoms with E-state index in [-0.39, 0.29) is 24.0 Å². The van der Waals surface area contributed by atoms with Crippen molar-refractivity contribution in [2.75, 3.05) is 20.3 Å². The zero-order chi connectivity index (χ0) is 17.0. The van der Waals surface area contributed by atoms with Crippen molar-refractivity contribution in [3.63, 3.8) is 0 Å². The van der Waals surface area contributed by atoms with Crippen molar-refractivity contribution in [2.45, 2.75) is 24.6 Å². The summed E-state index contributed by atoms with van der Waals surface area (Å²) in [5, 5.41) is 18.8. The number of nitrogens with zero attached hydrogens (tertiary/aromatic N) is 4. The Bertz CT molecular complexity index is 604. The highest BCUT2D eigenvalue weighted by Gasteiger charge is 2.45. The molecule has 0 aliphatic carbocycles. The van der Waals surface area contributed by atoms with Crippen molar-refractivity contribution in [3.05, 3.63) is 24.7 Å². The second-order valence-corrected chi connectivity index (χ2v) is 4.79. The summed E-state index contributed by atoms with van der Waals surface area (Å²) in [6.45, 7) is 6.71. The van der Waals surface area contributed by atoms with Gasteiger partial charge in [-0.3, -0.25) is 9.56 Å². The molecule has 2 rings (SSSR count). The van der Waals surface area contributed by atoms with Gasteiger partial charge in [-0.25, -0.2) is 14.4 Å². The van der Waals surface area contributed by atoms with Crippen LogP contribution >= 0.6 is 0 Å². The summed E-state index contributed by atoms with van der Waals surface area (Å²) in [6.07, 6.45) is -2.54. The van der Waals surface area contributed by atoms with E-state index in [1.807, 2.05) is 0 Å². The number of aliphatic hydroxyl groups excluding tert-OH is 2. The van der Waals surface area contributed by atoms with Gasteiger partial charge in [-0.2, -0.15) is 0 Å². The van der Waals surface area contributed by atoms with Gasteiger partial charge < -0.3 is 19.7 Å². The van der Waals surface area contributed by atoms with Crippen LogP contribution in [0.3, 0.4) is 0 Å². The summed E-state index contributed by atoms with van der Waals surface area (Å²) in [7, 11) is 1.51. The Balaban J connectivity index is 2.35.